The van der Waals surface area contributed by atoms with Crippen molar-refractivity contribution in [3.8, 4) is 11.3 Å². The van der Waals surface area contributed by atoms with Gasteiger partial charge in [0.15, 0.2) is 5.76 Å². The lowest BCUT2D eigenvalue weighted by Crippen LogP contribution is -2.19. The molecular formula is C20H19N3O2. The molecule has 0 aliphatic carbocycles. The molecule has 2 heterocycles. The minimum absolute atomic E-state index is 0.0614. The first-order valence-corrected chi connectivity index (χ1v) is 8.39. The maximum absolute atomic E-state index is 11.4. The highest BCUT2D eigenvalue weighted by molar-refractivity contribution is 5.94. The Balaban J connectivity index is 1.50. The average molecular weight is 333 g/mol. The number of carbonyl (C=O) groups excluding carboxylic acids is 1. The van der Waals surface area contributed by atoms with Gasteiger partial charge in [0.1, 0.15) is 6.04 Å². The summed E-state index contributed by atoms with van der Waals surface area (Å²) in [4.78, 5) is 15.8. The summed E-state index contributed by atoms with van der Waals surface area (Å²) in [5, 5.41) is 6.31. The lowest BCUT2D eigenvalue weighted by Gasteiger charge is -2.19. The number of fused-ring (bicyclic) bond motifs is 1. The van der Waals surface area contributed by atoms with Crippen LogP contribution < -0.4 is 10.6 Å². The van der Waals surface area contributed by atoms with Crippen molar-refractivity contribution >= 4 is 17.3 Å². The van der Waals surface area contributed by atoms with Crippen LogP contribution in [0.25, 0.3) is 11.3 Å². The van der Waals surface area contributed by atoms with Crippen molar-refractivity contribution in [2.75, 3.05) is 10.6 Å². The molecule has 2 aromatic carbocycles. The van der Waals surface area contributed by atoms with Gasteiger partial charge in [-0.1, -0.05) is 30.3 Å². The van der Waals surface area contributed by atoms with Gasteiger partial charge in [0.25, 0.3) is 0 Å². The maximum Gasteiger partial charge on any atom is 0.224 e. The van der Waals surface area contributed by atoms with Gasteiger partial charge in [0.2, 0.25) is 11.8 Å². The summed E-state index contributed by atoms with van der Waals surface area (Å²) in [7, 11) is 0. The number of nitrogens with one attached hydrogen (secondary N) is 2. The Morgan fingerprint density at radius 3 is 2.84 bits per heavy atom. The molecule has 1 aromatic heterocycles. The number of anilines is 2. The lowest BCUT2D eigenvalue weighted by atomic mass is 10.0. The lowest BCUT2D eigenvalue weighted by molar-refractivity contribution is -0.116. The van der Waals surface area contributed by atoms with Gasteiger partial charge in [0, 0.05) is 23.4 Å². The smallest absolute Gasteiger partial charge is 0.224 e. The van der Waals surface area contributed by atoms with Crippen LogP contribution in [0.1, 0.15) is 30.8 Å². The van der Waals surface area contributed by atoms with Crippen molar-refractivity contribution in [2.24, 2.45) is 0 Å². The number of aryl methyl sites for hydroxylation is 1. The molecular weight excluding hydrogens is 314 g/mol. The molecule has 0 saturated carbocycles. The van der Waals surface area contributed by atoms with E-state index in [-0.39, 0.29) is 11.9 Å². The molecule has 126 valence electrons. The normalized spacial score (nSPS) is 14.5. The molecule has 1 unspecified atom stereocenters. The first-order chi connectivity index (χ1) is 12.2. The average Bonchev–Trinajstić information content (AvgIpc) is 3.13. The minimum atomic E-state index is -0.0614. The zero-order valence-corrected chi connectivity index (χ0v) is 14.0. The molecule has 5 nitrogen and oxygen atoms in total. The number of oxazole rings is 1. The molecule has 1 atom stereocenters. The fraction of sp³-hybridized carbons (Fsp3) is 0.200. The summed E-state index contributed by atoms with van der Waals surface area (Å²) in [5.41, 5.74) is 4.05. The third-order valence-corrected chi connectivity index (χ3v) is 4.34. The molecule has 0 spiro atoms. The fourth-order valence-corrected chi connectivity index (χ4v) is 3.01. The van der Waals surface area contributed by atoms with Crippen molar-refractivity contribution in [2.45, 2.75) is 25.8 Å². The number of nitrogens with zero attached hydrogens (tertiary/aromatic N) is 1. The molecule has 0 fully saturated rings. The Kier molecular flexibility index (Phi) is 3.98. The van der Waals surface area contributed by atoms with Gasteiger partial charge in [-0.3, -0.25) is 4.79 Å². The van der Waals surface area contributed by atoms with Crippen LogP contribution in [-0.4, -0.2) is 10.9 Å². The highest BCUT2D eigenvalue weighted by Gasteiger charge is 2.17. The summed E-state index contributed by atoms with van der Waals surface area (Å²) < 4.78 is 5.90. The third kappa shape index (κ3) is 3.26. The predicted octanol–water partition coefficient (Wildman–Crippen LogP) is 4.40. The highest BCUT2D eigenvalue weighted by Crippen LogP contribution is 2.29. The Hall–Kier alpha value is -3.08. The van der Waals surface area contributed by atoms with Crippen LogP contribution in [0, 0.1) is 0 Å². The Labute approximate surface area is 146 Å². The second kappa shape index (κ2) is 6.43. The van der Waals surface area contributed by atoms with Gasteiger partial charge in [-0.2, -0.15) is 0 Å². The van der Waals surface area contributed by atoms with E-state index in [0.717, 1.165) is 34.7 Å². The molecule has 4 rings (SSSR count). The predicted molar refractivity (Wildman–Crippen MR) is 97.4 cm³/mol. The Morgan fingerprint density at radius 1 is 1.16 bits per heavy atom. The standard InChI is InChI=1S/C20H19N3O2/c1-13(20-21-12-18(25-20)14-5-3-2-4-6-14)22-16-8-9-17-15(11-16)7-10-19(24)23-17/h2-6,8-9,11-13,22H,7,10H2,1H3,(H,23,24). The number of benzene rings is 2. The summed E-state index contributed by atoms with van der Waals surface area (Å²) in [6.45, 7) is 2.02. The topological polar surface area (TPSA) is 67.2 Å². The molecule has 1 amide bonds. The first-order valence-electron chi connectivity index (χ1n) is 8.39. The second-order valence-corrected chi connectivity index (χ2v) is 6.21. The minimum Gasteiger partial charge on any atom is -0.438 e. The Morgan fingerprint density at radius 2 is 2.00 bits per heavy atom. The van der Waals surface area contributed by atoms with Crippen molar-refractivity contribution in [3.05, 3.63) is 66.2 Å². The van der Waals surface area contributed by atoms with Crippen molar-refractivity contribution in [1.29, 1.82) is 0 Å². The van der Waals surface area contributed by atoms with E-state index < -0.39 is 0 Å². The van der Waals surface area contributed by atoms with E-state index >= 15 is 0 Å². The quantitative estimate of drug-likeness (QED) is 0.742. The van der Waals surface area contributed by atoms with Gasteiger partial charge in [-0.25, -0.2) is 4.98 Å². The molecule has 1 aliphatic rings. The number of carbonyl (C=O) groups is 1. The van der Waals surface area contributed by atoms with Crippen LogP contribution >= 0.6 is 0 Å². The molecule has 3 aromatic rings. The third-order valence-electron chi connectivity index (χ3n) is 4.34. The Bertz CT molecular complexity index is 902. The van der Waals surface area contributed by atoms with Crippen LogP contribution in [0.4, 0.5) is 11.4 Å². The van der Waals surface area contributed by atoms with Crippen LogP contribution in [0.2, 0.25) is 0 Å². The number of aromatic nitrogens is 1. The van der Waals surface area contributed by atoms with Crippen molar-refractivity contribution < 1.29 is 9.21 Å². The molecule has 1 aliphatic heterocycles. The highest BCUT2D eigenvalue weighted by atomic mass is 16.4. The SMILES string of the molecule is CC(Nc1ccc2c(c1)CCC(=O)N2)c1ncc(-c2ccccc2)o1. The zero-order chi connectivity index (χ0) is 17.2. The second-order valence-electron chi connectivity index (χ2n) is 6.21. The van der Waals surface area contributed by atoms with Crippen molar-refractivity contribution in [3.63, 3.8) is 0 Å². The summed E-state index contributed by atoms with van der Waals surface area (Å²) in [6.07, 6.45) is 3.06. The molecule has 2 N–H and O–H groups in total. The monoisotopic (exact) mass is 333 g/mol. The largest absolute Gasteiger partial charge is 0.438 e. The number of rotatable bonds is 4. The summed E-state index contributed by atoms with van der Waals surface area (Å²) >= 11 is 0. The van der Waals surface area contributed by atoms with Crippen LogP contribution in [-0.2, 0) is 11.2 Å². The van der Waals surface area contributed by atoms with E-state index in [1.807, 2.05) is 49.4 Å². The zero-order valence-electron chi connectivity index (χ0n) is 14.0. The van der Waals surface area contributed by atoms with Crippen LogP contribution in [0.15, 0.2) is 59.1 Å². The summed E-state index contributed by atoms with van der Waals surface area (Å²) in [6, 6.07) is 15.8. The summed E-state index contributed by atoms with van der Waals surface area (Å²) in [5.74, 6) is 1.48. The van der Waals surface area contributed by atoms with Gasteiger partial charge < -0.3 is 15.1 Å². The fourth-order valence-electron chi connectivity index (χ4n) is 3.01. The molecule has 0 bridgehead atoms. The first kappa shape index (κ1) is 15.4. The molecule has 0 radical (unpaired) electrons. The maximum atomic E-state index is 11.4. The number of amides is 1. The van der Waals surface area contributed by atoms with Crippen molar-refractivity contribution in [1.82, 2.24) is 4.98 Å². The number of hydrogen-bond acceptors (Lipinski definition) is 4. The molecule has 25 heavy (non-hydrogen) atoms. The van der Waals surface area contributed by atoms with E-state index in [9.17, 15) is 4.79 Å². The molecule has 5 heteroatoms. The number of hydrogen-bond donors (Lipinski definition) is 2. The van der Waals surface area contributed by atoms with Gasteiger partial charge in [0.05, 0.1) is 6.20 Å². The van der Waals surface area contributed by atoms with Gasteiger partial charge >= 0.3 is 0 Å². The van der Waals surface area contributed by atoms with Crippen LogP contribution in [0.5, 0.6) is 0 Å². The van der Waals surface area contributed by atoms with E-state index in [2.05, 4.69) is 21.7 Å². The molecule has 0 saturated heterocycles. The van der Waals surface area contributed by atoms with Crippen LogP contribution in [0.3, 0.4) is 0 Å². The van der Waals surface area contributed by atoms with E-state index in [0.29, 0.717) is 12.3 Å². The van der Waals surface area contributed by atoms with E-state index in [4.69, 9.17) is 4.42 Å². The van der Waals surface area contributed by atoms with E-state index in [1.54, 1.807) is 6.20 Å². The van der Waals surface area contributed by atoms with Gasteiger partial charge in [-0.05, 0) is 37.1 Å². The van der Waals surface area contributed by atoms with E-state index in [1.165, 1.54) is 0 Å². The van der Waals surface area contributed by atoms with Gasteiger partial charge in [-0.15, -0.1) is 0 Å².